The lowest BCUT2D eigenvalue weighted by atomic mass is 9.94. The summed E-state index contributed by atoms with van der Waals surface area (Å²) in [5.41, 5.74) is -1.11. The number of barbiturate groups is 1. The zero-order chi connectivity index (χ0) is 18.5. The van der Waals surface area contributed by atoms with Gasteiger partial charge in [-0.15, -0.1) is 0 Å². The molecule has 7 nitrogen and oxygen atoms in total. The van der Waals surface area contributed by atoms with Gasteiger partial charge in [0.1, 0.15) is 0 Å². The molecule has 1 saturated heterocycles. The van der Waals surface area contributed by atoms with Crippen LogP contribution in [-0.2, 0) is 9.59 Å². The molecule has 1 aromatic carbocycles. The minimum Gasteiger partial charge on any atom is -0.275 e. The highest BCUT2D eigenvalue weighted by Crippen LogP contribution is 2.22. The smallest absolute Gasteiger partial charge is 0.275 e. The van der Waals surface area contributed by atoms with E-state index in [1.54, 1.807) is 25.1 Å². The van der Waals surface area contributed by atoms with E-state index < -0.39 is 29.3 Å². The molecule has 0 radical (unpaired) electrons. The van der Waals surface area contributed by atoms with Gasteiger partial charge in [0.15, 0.2) is 0 Å². The highest BCUT2D eigenvalue weighted by molar-refractivity contribution is 6.24. The van der Waals surface area contributed by atoms with Gasteiger partial charge >= 0.3 is 6.03 Å². The number of carbonyl (C=O) groups excluding carboxylic acids is 4. The predicted molar refractivity (Wildman–Crippen MR) is 87.6 cm³/mol. The number of nitrogens with zero attached hydrogens (tertiary/aromatic N) is 1. The molecule has 126 valence electrons. The minimum atomic E-state index is -2.01. The molecule has 0 atom stereocenters. The van der Waals surface area contributed by atoms with Crippen LogP contribution in [0, 0.1) is 19.4 Å². The van der Waals surface area contributed by atoms with Crippen LogP contribution in [0.15, 0.2) is 24.3 Å². The van der Waals surface area contributed by atoms with Gasteiger partial charge in [-0.1, -0.05) is 38.5 Å². The van der Waals surface area contributed by atoms with Crippen molar-refractivity contribution in [2.45, 2.75) is 33.2 Å². The predicted octanol–water partition coefficient (Wildman–Crippen LogP) is 1.18. The van der Waals surface area contributed by atoms with Crippen LogP contribution in [0.3, 0.4) is 0 Å². The maximum absolute atomic E-state index is 12.6. The van der Waals surface area contributed by atoms with Crippen molar-refractivity contribution in [3.05, 3.63) is 35.4 Å². The van der Waals surface area contributed by atoms with Crippen molar-refractivity contribution < 1.29 is 19.2 Å². The molecule has 0 spiro atoms. The van der Waals surface area contributed by atoms with Crippen LogP contribution >= 0.6 is 0 Å². The molecule has 1 aliphatic rings. The highest BCUT2D eigenvalue weighted by atomic mass is 16.2. The van der Waals surface area contributed by atoms with Crippen molar-refractivity contribution in [3.8, 4) is 12.5 Å². The van der Waals surface area contributed by atoms with Crippen LogP contribution in [0.2, 0.25) is 0 Å². The molecule has 7 heteroatoms. The zero-order valence-electron chi connectivity index (χ0n) is 14.0. The number of urea groups is 1. The van der Waals surface area contributed by atoms with Crippen molar-refractivity contribution in [1.29, 1.82) is 0 Å². The number of carbonyl (C=O) groups is 4. The Morgan fingerprint density at radius 1 is 1.12 bits per heavy atom. The van der Waals surface area contributed by atoms with E-state index in [2.05, 4.69) is 6.04 Å². The quantitative estimate of drug-likeness (QED) is 0.484. The fourth-order valence-corrected chi connectivity index (χ4v) is 2.11. The Bertz CT molecular complexity index is 714. The van der Waals surface area contributed by atoms with Crippen LogP contribution in [-0.4, -0.2) is 34.2 Å². The largest absolute Gasteiger partial charge is 0.328 e. The van der Waals surface area contributed by atoms with Crippen LogP contribution < -0.4 is 10.6 Å². The van der Waals surface area contributed by atoms with Gasteiger partial charge in [-0.05, 0) is 25.5 Å². The number of aryl methyl sites for hydroxylation is 1. The lowest BCUT2D eigenvalue weighted by Crippen LogP contribution is -2.71. The summed E-state index contributed by atoms with van der Waals surface area (Å²) in [6.07, 6.45) is 5.35. The maximum atomic E-state index is 12.6. The van der Waals surface area contributed by atoms with E-state index >= 15 is 0 Å². The topological polar surface area (TPSA) is 95.6 Å². The Kier molecular flexibility index (Phi) is 5.84. The standard InChI is InChI=1S/C15H13N3O4.C2H6/c1-4-18(11(19)10-8-6-5-7-9(10)2)15(3)12(20)16-14(22)17-13(15)21;1-2/h1,5-8H,2-3H3,(H2,16,17,20,21,22);1-2H3. The monoisotopic (exact) mass is 329 g/mol. The Balaban J connectivity index is 0.00000139. The van der Waals surface area contributed by atoms with Gasteiger partial charge in [-0.2, -0.15) is 0 Å². The van der Waals surface area contributed by atoms with Gasteiger partial charge in [-0.25, -0.2) is 9.69 Å². The molecule has 0 bridgehead atoms. The van der Waals surface area contributed by atoms with E-state index in [1.807, 2.05) is 24.5 Å². The molecular weight excluding hydrogens is 310 g/mol. The van der Waals surface area contributed by atoms with Crippen molar-refractivity contribution >= 4 is 23.8 Å². The van der Waals surface area contributed by atoms with Crippen molar-refractivity contribution in [2.75, 3.05) is 0 Å². The van der Waals surface area contributed by atoms with E-state index in [0.717, 1.165) is 0 Å². The summed E-state index contributed by atoms with van der Waals surface area (Å²) in [5.74, 6) is -2.59. The summed E-state index contributed by atoms with van der Waals surface area (Å²) < 4.78 is 0. The van der Waals surface area contributed by atoms with Gasteiger partial charge in [0, 0.05) is 11.6 Å². The Morgan fingerprint density at radius 3 is 2.08 bits per heavy atom. The van der Waals surface area contributed by atoms with Crippen molar-refractivity contribution in [1.82, 2.24) is 15.5 Å². The van der Waals surface area contributed by atoms with Crippen LogP contribution in [0.25, 0.3) is 0 Å². The third kappa shape index (κ3) is 3.13. The molecule has 1 aromatic rings. The molecule has 1 fully saturated rings. The van der Waals surface area contributed by atoms with Crippen LogP contribution in [0.4, 0.5) is 4.79 Å². The van der Waals surface area contributed by atoms with E-state index in [0.29, 0.717) is 10.5 Å². The summed E-state index contributed by atoms with van der Waals surface area (Å²) >= 11 is 0. The van der Waals surface area contributed by atoms with Gasteiger partial charge in [0.05, 0.1) is 0 Å². The zero-order valence-corrected chi connectivity index (χ0v) is 14.0. The first-order chi connectivity index (χ1) is 11.3. The average molecular weight is 329 g/mol. The van der Waals surface area contributed by atoms with E-state index in [-0.39, 0.29) is 5.56 Å². The SMILES string of the molecule is C#CN(C(=O)c1ccccc1C)C1(C)C(=O)NC(=O)NC1=O.CC. The van der Waals surface area contributed by atoms with Gasteiger partial charge in [-0.3, -0.25) is 25.0 Å². The molecular formula is C17H19N3O4. The molecule has 1 aliphatic heterocycles. The Morgan fingerprint density at radius 2 is 1.62 bits per heavy atom. The number of terminal acetylenes is 1. The first kappa shape index (κ1) is 18.9. The minimum absolute atomic E-state index is 0.263. The lowest BCUT2D eigenvalue weighted by Gasteiger charge is -2.36. The van der Waals surface area contributed by atoms with Crippen LogP contribution in [0.1, 0.15) is 36.7 Å². The molecule has 0 unspecified atom stereocenters. The lowest BCUT2D eigenvalue weighted by molar-refractivity contribution is -0.142. The third-order valence-corrected chi connectivity index (χ3v) is 3.49. The summed E-state index contributed by atoms with van der Waals surface area (Å²) in [6.45, 7) is 6.88. The third-order valence-electron chi connectivity index (χ3n) is 3.49. The molecule has 1 heterocycles. The first-order valence-electron chi connectivity index (χ1n) is 7.35. The number of hydrogen-bond acceptors (Lipinski definition) is 4. The first-order valence-corrected chi connectivity index (χ1v) is 7.35. The highest BCUT2D eigenvalue weighted by Gasteiger charge is 2.53. The summed E-state index contributed by atoms with van der Waals surface area (Å²) in [5, 5.41) is 3.87. The second-order valence-corrected chi connectivity index (χ2v) is 4.89. The van der Waals surface area contributed by atoms with Crippen LogP contribution in [0.5, 0.6) is 0 Å². The number of hydrogen-bond donors (Lipinski definition) is 2. The molecule has 5 amide bonds. The van der Waals surface area contributed by atoms with Gasteiger partial charge < -0.3 is 0 Å². The van der Waals surface area contributed by atoms with E-state index in [9.17, 15) is 19.2 Å². The number of imide groups is 2. The molecule has 24 heavy (non-hydrogen) atoms. The second-order valence-electron chi connectivity index (χ2n) is 4.89. The number of benzene rings is 1. The van der Waals surface area contributed by atoms with Crippen molar-refractivity contribution in [3.63, 3.8) is 0 Å². The van der Waals surface area contributed by atoms with Crippen molar-refractivity contribution in [2.24, 2.45) is 0 Å². The maximum Gasteiger partial charge on any atom is 0.328 e. The molecule has 0 aromatic heterocycles. The molecule has 2 rings (SSSR count). The summed E-state index contributed by atoms with van der Waals surface area (Å²) in [7, 11) is 0. The number of nitrogens with one attached hydrogen (secondary N) is 2. The number of amides is 5. The summed E-state index contributed by atoms with van der Waals surface area (Å²) in [4.78, 5) is 48.6. The Hall–Kier alpha value is -3.14. The fraction of sp³-hybridized carbons (Fsp3) is 0.294. The van der Waals surface area contributed by atoms with E-state index in [4.69, 9.17) is 6.42 Å². The second kappa shape index (κ2) is 7.42. The molecule has 0 saturated carbocycles. The fourth-order valence-electron chi connectivity index (χ4n) is 2.11. The Labute approximate surface area is 140 Å². The normalized spacial score (nSPS) is 15.2. The average Bonchev–Trinajstić information content (AvgIpc) is 2.55. The molecule has 0 aliphatic carbocycles. The van der Waals surface area contributed by atoms with Gasteiger partial charge in [0.25, 0.3) is 17.7 Å². The molecule has 2 N–H and O–H groups in total. The number of rotatable bonds is 2. The van der Waals surface area contributed by atoms with Gasteiger partial charge in [0.2, 0.25) is 5.54 Å². The van der Waals surface area contributed by atoms with E-state index in [1.165, 1.54) is 13.0 Å². The summed E-state index contributed by atoms with van der Waals surface area (Å²) in [6, 6.07) is 7.74.